The summed E-state index contributed by atoms with van der Waals surface area (Å²) in [6.45, 7) is 8.04. The first-order valence-corrected chi connectivity index (χ1v) is 14.0. The van der Waals surface area contributed by atoms with Gasteiger partial charge in [0.05, 0.1) is 11.9 Å². The van der Waals surface area contributed by atoms with Gasteiger partial charge in [0.1, 0.15) is 6.04 Å². The number of anilines is 1. The Balaban J connectivity index is 2.18. The summed E-state index contributed by atoms with van der Waals surface area (Å²) < 4.78 is 26.0. The molecule has 0 bridgehead atoms. The van der Waals surface area contributed by atoms with E-state index in [1.807, 2.05) is 45.0 Å². The molecule has 0 saturated carbocycles. The highest BCUT2D eigenvalue weighted by Gasteiger charge is 2.27. The molecule has 0 aliphatic rings. The number of rotatable bonds is 12. The zero-order valence-corrected chi connectivity index (χ0v) is 22.7. The number of amides is 2. The highest BCUT2D eigenvalue weighted by molar-refractivity contribution is 7.92. The van der Waals surface area contributed by atoms with Gasteiger partial charge in [-0.25, -0.2) is 8.42 Å². The van der Waals surface area contributed by atoms with E-state index in [9.17, 15) is 18.0 Å². The van der Waals surface area contributed by atoms with Gasteiger partial charge in [-0.15, -0.1) is 0 Å². The molecule has 0 radical (unpaired) electrons. The topological polar surface area (TPSA) is 86.8 Å². The Morgan fingerprint density at radius 3 is 2.26 bits per heavy atom. The van der Waals surface area contributed by atoms with Crippen molar-refractivity contribution in [3.05, 3.63) is 64.7 Å². The molecule has 2 rings (SSSR count). The number of halogens is 1. The summed E-state index contributed by atoms with van der Waals surface area (Å²) >= 11 is 5.93. The fraction of sp³-hybridized carbons (Fsp3) is 0.462. The second kappa shape index (κ2) is 12.9. The average Bonchev–Trinajstić information content (AvgIpc) is 2.80. The van der Waals surface area contributed by atoms with Crippen molar-refractivity contribution in [3.8, 4) is 0 Å². The second-order valence-electron chi connectivity index (χ2n) is 8.86. The lowest BCUT2D eigenvalue weighted by molar-refractivity contribution is -0.140. The van der Waals surface area contributed by atoms with Crippen LogP contribution < -0.4 is 9.62 Å². The van der Waals surface area contributed by atoms with Crippen molar-refractivity contribution in [1.82, 2.24) is 10.2 Å². The second-order valence-corrected chi connectivity index (χ2v) is 11.2. The molecule has 0 aliphatic carbocycles. The molecule has 1 N–H and O–H groups in total. The van der Waals surface area contributed by atoms with Gasteiger partial charge >= 0.3 is 0 Å². The van der Waals surface area contributed by atoms with Gasteiger partial charge in [0, 0.05) is 30.6 Å². The van der Waals surface area contributed by atoms with Crippen LogP contribution in [0.3, 0.4) is 0 Å². The van der Waals surface area contributed by atoms with Crippen molar-refractivity contribution in [3.63, 3.8) is 0 Å². The molecule has 35 heavy (non-hydrogen) atoms. The number of carbonyl (C=O) groups is 2. The van der Waals surface area contributed by atoms with Crippen molar-refractivity contribution in [2.45, 2.75) is 65.6 Å². The first kappa shape index (κ1) is 28.7. The zero-order valence-electron chi connectivity index (χ0n) is 21.1. The number of aryl methyl sites for hydroxylation is 1. The third-order valence-electron chi connectivity index (χ3n) is 6.04. The number of nitrogens with one attached hydrogen (secondary N) is 1. The summed E-state index contributed by atoms with van der Waals surface area (Å²) in [7, 11) is -3.55. The third kappa shape index (κ3) is 8.54. The molecule has 2 aromatic rings. The van der Waals surface area contributed by atoms with Crippen molar-refractivity contribution in [2.75, 3.05) is 17.1 Å². The Hall–Kier alpha value is -2.58. The number of sulfonamides is 1. The van der Waals surface area contributed by atoms with Gasteiger partial charge in [0.15, 0.2) is 0 Å². The Kier molecular flexibility index (Phi) is 10.6. The van der Waals surface area contributed by atoms with Gasteiger partial charge in [-0.05, 0) is 69.0 Å². The zero-order chi connectivity index (χ0) is 26.2. The van der Waals surface area contributed by atoms with E-state index in [1.54, 1.807) is 36.1 Å². The molecule has 0 heterocycles. The number of benzene rings is 2. The number of nitrogens with zero attached hydrogens (tertiary/aromatic N) is 2. The molecule has 2 aromatic carbocycles. The van der Waals surface area contributed by atoms with Crippen LogP contribution in [0, 0.1) is 6.92 Å². The van der Waals surface area contributed by atoms with E-state index < -0.39 is 16.1 Å². The maximum Gasteiger partial charge on any atom is 0.242 e. The molecule has 0 aliphatic heterocycles. The van der Waals surface area contributed by atoms with Gasteiger partial charge < -0.3 is 10.2 Å². The average molecular weight is 522 g/mol. The quantitative estimate of drug-likeness (QED) is 0.444. The normalized spacial score (nSPS) is 13.1. The number of carbonyl (C=O) groups excluding carboxylic acids is 2. The summed E-state index contributed by atoms with van der Waals surface area (Å²) in [6, 6.07) is 13.6. The molecule has 2 atom stereocenters. The Labute approximate surface area is 214 Å². The van der Waals surface area contributed by atoms with Crippen LogP contribution in [0.15, 0.2) is 48.5 Å². The van der Waals surface area contributed by atoms with Crippen LogP contribution >= 0.6 is 11.6 Å². The van der Waals surface area contributed by atoms with E-state index in [0.717, 1.165) is 23.8 Å². The predicted octanol–water partition coefficient (Wildman–Crippen LogP) is 4.53. The fourth-order valence-electron chi connectivity index (χ4n) is 3.63. The molecule has 7 nitrogen and oxygen atoms in total. The van der Waals surface area contributed by atoms with Crippen LogP contribution in [-0.4, -0.2) is 50.0 Å². The van der Waals surface area contributed by atoms with E-state index in [4.69, 9.17) is 11.6 Å². The summed E-state index contributed by atoms with van der Waals surface area (Å²) in [5.41, 5.74) is 2.48. The molecular weight excluding hydrogens is 486 g/mol. The van der Waals surface area contributed by atoms with Crippen LogP contribution in [-0.2, 0) is 26.2 Å². The minimum atomic E-state index is -3.55. The van der Waals surface area contributed by atoms with Gasteiger partial charge in [0.25, 0.3) is 0 Å². The lowest BCUT2D eigenvalue weighted by Gasteiger charge is -2.30. The summed E-state index contributed by atoms with van der Waals surface area (Å²) in [5, 5.41) is 3.46. The smallest absolute Gasteiger partial charge is 0.242 e. The highest BCUT2D eigenvalue weighted by Crippen LogP contribution is 2.22. The first-order chi connectivity index (χ1) is 16.4. The summed E-state index contributed by atoms with van der Waals surface area (Å²) in [6.07, 6.45) is 2.33. The third-order valence-corrected chi connectivity index (χ3v) is 7.48. The summed E-state index contributed by atoms with van der Waals surface area (Å²) in [5.74, 6) is -0.412. The number of hydrogen-bond donors (Lipinski definition) is 1. The molecule has 192 valence electrons. The van der Waals surface area contributed by atoms with Crippen molar-refractivity contribution >= 4 is 39.1 Å². The first-order valence-electron chi connectivity index (χ1n) is 11.8. The van der Waals surface area contributed by atoms with Gasteiger partial charge in [-0.1, -0.05) is 42.8 Å². The Morgan fingerprint density at radius 1 is 1.06 bits per heavy atom. The van der Waals surface area contributed by atoms with E-state index in [2.05, 4.69) is 5.32 Å². The fourth-order valence-corrected chi connectivity index (χ4v) is 4.72. The van der Waals surface area contributed by atoms with Crippen LogP contribution in [0.5, 0.6) is 0 Å². The summed E-state index contributed by atoms with van der Waals surface area (Å²) in [4.78, 5) is 27.8. The number of hydrogen-bond acceptors (Lipinski definition) is 4. The molecule has 9 heteroatoms. The predicted molar refractivity (Wildman–Crippen MR) is 142 cm³/mol. The molecule has 0 fully saturated rings. The molecule has 2 amide bonds. The van der Waals surface area contributed by atoms with Crippen LogP contribution in [0.25, 0.3) is 0 Å². The van der Waals surface area contributed by atoms with Gasteiger partial charge in [-0.2, -0.15) is 0 Å². The largest absolute Gasteiger partial charge is 0.352 e. The minimum absolute atomic E-state index is 0.00283. The lowest BCUT2D eigenvalue weighted by atomic mass is 10.1. The molecule has 0 saturated heterocycles. The SMILES string of the molecule is CC[C@@H](C)NC(=O)[C@H](C)N(Cc1ccccc1C)C(=O)CCCN(c1ccc(Cl)cc1)S(C)(=O)=O. The molecular formula is C26H36ClN3O4S. The van der Waals surface area contributed by atoms with E-state index >= 15 is 0 Å². The van der Waals surface area contributed by atoms with Gasteiger partial charge in [-0.3, -0.25) is 13.9 Å². The van der Waals surface area contributed by atoms with Crippen LogP contribution in [0.2, 0.25) is 5.02 Å². The van der Waals surface area contributed by atoms with Crippen molar-refractivity contribution < 1.29 is 18.0 Å². The molecule has 0 spiro atoms. The maximum atomic E-state index is 13.3. The Bertz CT molecular complexity index is 1110. The lowest BCUT2D eigenvalue weighted by Crippen LogP contribution is -2.49. The Morgan fingerprint density at radius 2 is 1.69 bits per heavy atom. The van der Waals surface area contributed by atoms with Crippen molar-refractivity contribution in [1.29, 1.82) is 0 Å². The van der Waals surface area contributed by atoms with E-state index in [0.29, 0.717) is 23.7 Å². The van der Waals surface area contributed by atoms with Crippen molar-refractivity contribution in [2.24, 2.45) is 0 Å². The van der Waals surface area contributed by atoms with E-state index in [-0.39, 0.29) is 30.8 Å². The molecule has 0 aromatic heterocycles. The van der Waals surface area contributed by atoms with E-state index in [1.165, 1.54) is 4.31 Å². The maximum absolute atomic E-state index is 13.3. The standard InChI is InChI=1S/C26H36ClN3O4S/c1-6-20(3)28-26(32)21(4)29(18-22-11-8-7-10-19(22)2)25(31)12-9-17-30(35(5,33)34)24-15-13-23(27)14-16-24/h7-8,10-11,13-16,20-21H,6,9,12,17-18H2,1-5H3,(H,28,32)/t20-,21+/m1/s1. The minimum Gasteiger partial charge on any atom is -0.352 e. The van der Waals surface area contributed by atoms with Crippen LogP contribution in [0.1, 0.15) is 51.2 Å². The van der Waals surface area contributed by atoms with Gasteiger partial charge in [0.2, 0.25) is 21.8 Å². The highest BCUT2D eigenvalue weighted by atomic mass is 35.5. The molecule has 0 unspecified atom stereocenters. The van der Waals surface area contributed by atoms with Crippen LogP contribution in [0.4, 0.5) is 5.69 Å². The monoisotopic (exact) mass is 521 g/mol.